The number of benzene rings is 1. The minimum atomic E-state index is -4.29. The van der Waals surface area contributed by atoms with Gasteiger partial charge in [-0.1, -0.05) is 12.1 Å². The van der Waals surface area contributed by atoms with Crippen LogP contribution in [0.25, 0.3) is 0 Å². The fraction of sp³-hybridized carbons (Fsp3) is 0.562. The molecule has 7 heteroatoms. The molecule has 0 aliphatic carbocycles. The van der Waals surface area contributed by atoms with Crippen LogP contribution in [0.15, 0.2) is 29.3 Å². The molecule has 2 rings (SSSR count). The zero-order chi connectivity index (χ0) is 16.9. The van der Waals surface area contributed by atoms with Gasteiger partial charge in [0.25, 0.3) is 0 Å². The molecule has 4 nitrogen and oxygen atoms in total. The molecule has 1 aliphatic heterocycles. The molecule has 0 amide bonds. The van der Waals surface area contributed by atoms with Crippen molar-refractivity contribution in [3.05, 3.63) is 35.4 Å². The molecule has 1 aliphatic rings. The van der Waals surface area contributed by atoms with Crippen LogP contribution in [0, 0.1) is 0 Å². The maximum absolute atomic E-state index is 12.5. The average Bonchev–Trinajstić information content (AvgIpc) is 2.92. The van der Waals surface area contributed by atoms with E-state index in [1.165, 1.54) is 25.0 Å². The summed E-state index contributed by atoms with van der Waals surface area (Å²) >= 11 is 0. The van der Waals surface area contributed by atoms with E-state index in [1.54, 1.807) is 7.05 Å². The maximum atomic E-state index is 12.5. The fourth-order valence-corrected chi connectivity index (χ4v) is 2.67. The molecule has 1 unspecified atom stereocenters. The molecular formula is C16H23F3N4. The van der Waals surface area contributed by atoms with E-state index in [0.29, 0.717) is 18.5 Å². The van der Waals surface area contributed by atoms with Gasteiger partial charge in [-0.15, -0.1) is 0 Å². The van der Waals surface area contributed by atoms with Gasteiger partial charge in [-0.05, 0) is 44.1 Å². The normalized spacial score (nSPS) is 19.9. The number of aliphatic imine (C=N–C) groups is 1. The van der Waals surface area contributed by atoms with Gasteiger partial charge >= 0.3 is 6.18 Å². The highest BCUT2D eigenvalue weighted by Gasteiger charge is 2.29. The van der Waals surface area contributed by atoms with Gasteiger partial charge in [0.05, 0.1) is 5.56 Å². The fourth-order valence-electron chi connectivity index (χ4n) is 2.67. The van der Waals surface area contributed by atoms with Crippen LogP contribution in [0.3, 0.4) is 0 Å². The molecule has 2 N–H and O–H groups in total. The Bertz CT molecular complexity index is 525. The first-order valence-electron chi connectivity index (χ1n) is 7.71. The second-order valence-corrected chi connectivity index (χ2v) is 5.78. The van der Waals surface area contributed by atoms with Crippen molar-refractivity contribution in [1.29, 1.82) is 0 Å². The Kier molecular flexibility index (Phi) is 5.87. The lowest BCUT2D eigenvalue weighted by Crippen LogP contribution is -2.43. The monoisotopic (exact) mass is 328 g/mol. The number of likely N-dealkylation sites (tertiary alicyclic amines) is 1. The lowest BCUT2D eigenvalue weighted by Gasteiger charge is -2.21. The lowest BCUT2D eigenvalue weighted by atomic mass is 10.1. The van der Waals surface area contributed by atoms with Crippen molar-refractivity contribution in [2.75, 3.05) is 27.2 Å². The van der Waals surface area contributed by atoms with E-state index in [1.807, 2.05) is 0 Å². The Morgan fingerprint density at radius 3 is 2.48 bits per heavy atom. The van der Waals surface area contributed by atoms with E-state index in [0.717, 1.165) is 30.8 Å². The predicted molar refractivity (Wildman–Crippen MR) is 85.3 cm³/mol. The van der Waals surface area contributed by atoms with E-state index in [4.69, 9.17) is 0 Å². The second-order valence-electron chi connectivity index (χ2n) is 5.78. The van der Waals surface area contributed by atoms with Crippen LogP contribution in [0.1, 0.15) is 24.0 Å². The SMILES string of the molecule is CN=C(NCc1ccc(C(F)(F)F)cc1)NCC1CCCN1C. The average molecular weight is 328 g/mol. The van der Waals surface area contributed by atoms with Crippen molar-refractivity contribution >= 4 is 5.96 Å². The quantitative estimate of drug-likeness (QED) is 0.659. The number of likely N-dealkylation sites (N-methyl/N-ethyl adjacent to an activating group) is 1. The van der Waals surface area contributed by atoms with Crippen LogP contribution in [0.4, 0.5) is 13.2 Å². The molecule has 0 aromatic heterocycles. The van der Waals surface area contributed by atoms with Crippen molar-refractivity contribution < 1.29 is 13.2 Å². The molecule has 1 aromatic rings. The number of alkyl halides is 3. The van der Waals surface area contributed by atoms with Crippen LogP contribution >= 0.6 is 0 Å². The Morgan fingerprint density at radius 2 is 1.96 bits per heavy atom. The third-order valence-electron chi connectivity index (χ3n) is 4.14. The molecule has 1 aromatic carbocycles. The molecule has 0 radical (unpaired) electrons. The summed E-state index contributed by atoms with van der Waals surface area (Å²) in [5.41, 5.74) is 0.145. The zero-order valence-electron chi connectivity index (χ0n) is 13.5. The summed E-state index contributed by atoms with van der Waals surface area (Å²) in [6, 6.07) is 5.66. The van der Waals surface area contributed by atoms with Gasteiger partial charge in [0.2, 0.25) is 0 Å². The van der Waals surface area contributed by atoms with Crippen LogP contribution in [-0.4, -0.2) is 44.1 Å². The Morgan fingerprint density at radius 1 is 1.26 bits per heavy atom. The van der Waals surface area contributed by atoms with Crippen LogP contribution < -0.4 is 10.6 Å². The molecule has 23 heavy (non-hydrogen) atoms. The standard InChI is InChI=1S/C16H23F3N4/c1-20-15(22-11-14-4-3-9-23(14)2)21-10-12-5-7-13(8-6-12)16(17,18)19/h5-8,14H,3-4,9-11H2,1-2H3,(H2,20,21,22). The molecule has 0 saturated carbocycles. The first kappa shape index (κ1) is 17.6. The third kappa shape index (κ3) is 5.13. The highest BCUT2D eigenvalue weighted by molar-refractivity contribution is 5.79. The number of hydrogen-bond acceptors (Lipinski definition) is 2. The molecule has 0 bridgehead atoms. The molecule has 1 heterocycles. The van der Waals surface area contributed by atoms with Gasteiger partial charge in [0.15, 0.2) is 5.96 Å². The molecular weight excluding hydrogens is 305 g/mol. The predicted octanol–water partition coefficient (Wildman–Crippen LogP) is 2.46. The van der Waals surface area contributed by atoms with Gasteiger partial charge in [0, 0.05) is 26.2 Å². The van der Waals surface area contributed by atoms with Gasteiger partial charge in [-0.25, -0.2) is 0 Å². The lowest BCUT2D eigenvalue weighted by molar-refractivity contribution is -0.137. The van der Waals surface area contributed by atoms with Crippen molar-refractivity contribution in [3.8, 4) is 0 Å². The van der Waals surface area contributed by atoms with Gasteiger partial charge in [-0.2, -0.15) is 13.2 Å². The summed E-state index contributed by atoms with van der Waals surface area (Å²) in [5.74, 6) is 0.658. The summed E-state index contributed by atoms with van der Waals surface area (Å²) in [7, 11) is 3.79. The van der Waals surface area contributed by atoms with E-state index >= 15 is 0 Å². The minimum absolute atomic E-state index is 0.429. The smallest absolute Gasteiger partial charge is 0.355 e. The Hall–Kier alpha value is -1.76. The molecule has 1 saturated heterocycles. The number of halogens is 3. The van der Waals surface area contributed by atoms with Crippen molar-refractivity contribution in [3.63, 3.8) is 0 Å². The number of guanidine groups is 1. The number of rotatable bonds is 4. The van der Waals surface area contributed by atoms with Crippen molar-refractivity contribution in [1.82, 2.24) is 15.5 Å². The highest BCUT2D eigenvalue weighted by atomic mass is 19.4. The largest absolute Gasteiger partial charge is 0.416 e. The van der Waals surface area contributed by atoms with Crippen LogP contribution in [0.2, 0.25) is 0 Å². The number of nitrogens with zero attached hydrogens (tertiary/aromatic N) is 2. The molecule has 128 valence electrons. The topological polar surface area (TPSA) is 39.7 Å². The zero-order valence-corrected chi connectivity index (χ0v) is 13.5. The van der Waals surface area contributed by atoms with Crippen LogP contribution in [-0.2, 0) is 12.7 Å². The van der Waals surface area contributed by atoms with Gasteiger partial charge in [0.1, 0.15) is 0 Å². The van der Waals surface area contributed by atoms with Gasteiger partial charge < -0.3 is 15.5 Å². The van der Waals surface area contributed by atoms with Crippen LogP contribution in [0.5, 0.6) is 0 Å². The first-order chi connectivity index (χ1) is 10.9. The summed E-state index contributed by atoms with van der Waals surface area (Å²) in [6.07, 6.45) is -1.92. The Labute approximate surface area is 134 Å². The third-order valence-corrected chi connectivity index (χ3v) is 4.14. The summed E-state index contributed by atoms with van der Waals surface area (Å²) in [4.78, 5) is 6.46. The van der Waals surface area contributed by atoms with E-state index in [9.17, 15) is 13.2 Å². The molecule has 1 fully saturated rings. The van der Waals surface area contributed by atoms with Crippen molar-refractivity contribution in [2.45, 2.75) is 31.6 Å². The maximum Gasteiger partial charge on any atom is 0.416 e. The summed E-state index contributed by atoms with van der Waals surface area (Å²) < 4.78 is 37.6. The van der Waals surface area contributed by atoms with E-state index in [-0.39, 0.29) is 0 Å². The van der Waals surface area contributed by atoms with E-state index < -0.39 is 11.7 Å². The first-order valence-corrected chi connectivity index (χ1v) is 7.71. The van der Waals surface area contributed by atoms with E-state index in [2.05, 4.69) is 27.6 Å². The van der Waals surface area contributed by atoms with Crippen molar-refractivity contribution in [2.24, 2.45) is 4.99 Å². The molecule has 0 spiro atoms. The molecule has 1 atom stereocenters. The minimum Gasteiger partial charge on any atom is -0.355 e. The highest BCUT2D eigenvalue weighted by Crippen LogP contribution is 2.29. The summed E-state index contributed by atoms with van der Waals surface area (Å²) in [5, 5.41) is 6.39. The Balaban J connectivity index is 1.81. The van der Waals surface area contributed by atoms with Gasteiger partial charge in [-0.3, -0.25) is 4.99 Å². The number of nitrogens with one attached hydrogen (secondary N) is 2. The second kappa shape index (κ2) is 7.68. The number of hydrogen-bond donors (Lipinski definition) is 2. The summed E-state index contributed by atoms with van der Waals surface area (Å²) in [6.45, 7) is 2.35.